The average Bonchev–Trinajstić information content (AvgIpc) is 2.18. The highest BCUT2D eigenvalue weighted by Gasteiger charge is 2.12. The summed E-state index contributed by atoms with van der Waals surface area (Å²) in [5, 5.41) is 0. The van der Waals surface area contributed by atoms with Gasteiger partial charge in [-0.2, -0.15) is 0 Å². The van der Waals surface area contributed by atoms with Crippen molar-refractivity contribution >= 4 is 15.7 Å². The molecule has 0 aromatic carbocycles. The maximum absolute atomic E-state index is 11.3. The first kappa shape index (κ1) is 10.6. The maximum atomic E-state index is 11.3. The molecule has 0 bridgehead atoms. The highest BCUT2D eigenvalue weighted by atomic mass is 32.2. The van der Waals surface area contributed by atoms with Crippen LogP contribution in [0.2, 0.25) is 0 Å². The molecule has 1 aromatic heterocycles. The van der Waals surface area contributed by atoms with Gasteiger partial charge < -0.3 is 5.73 Å². The number of nitrogens with zero attached hydrogens (tertiary/aromatic N) is 1. The lowest BCUT2D eigenvalue weighted by molar-refractivity contribution is 0.0995. The van der Waals surface area contributed by atoms with E-state index in [0.717, 1.165) is 6.20 Å². The molecule has 0 unspecified atom stereocenters. The van der Waals surface area contributed by atoms with Gasteiger partial charge in [0.1, 0.15) is 5.69 Å². The van der Waals surface area contributed by atoms with Crippen LogP contribution in [0, 0.1) is 0 Å². The topological polar surface area (TPSA) is 90.1 Å². The Balaban J connectivity index is 3.12. The lowest BCUT2D eigenvalue weighted by Crippen LogP contribution is -2.13. The summed E-state index contributed by atoms with van der Waals surface area (Å²) >= 11 is 0. The molecule has 14 heavy (non-hydrogen) atoms. The Morgan fingerprint density at radius 3 is 2.50 bits per heavy atom. The Kier molecular flexibility index (Phi) is 2.85. The molecule has 0 fully saturated rings. The van der Waals surface area contributed by atoms with Gasteiger partial charge in [-0.25, -0.2) is 13.4 Å². The first-order chi connectivity index (χ1) is 6.47. The van der Waals surface area contributed by atoms with E-state index in [0.29, 0.717) is 0 Å². The van der Waals surface area contributed by atoms with Crippen LogP contribution in [0.15, 0.2) is 23.2 Å². The van der Waals surface area contributed by atoms with Crippen LogP contribution >= 0.6 is 0 Å². The van der Waals surface area contributed by atoms with Crippen molar-refractivity contribution in [2.24, 2.45) is 5.73 Å². The van der Waals surface area contributed by atoms with Crippen LogP contribution in [0.4, 0.5) is 0 Å². The predicted octanol–water partition coefficient (Wildman–Crippen LogP) is -0.0259. The van der Waals surface area contributed by atoms with Crippen molar-refractivity contribution in [1.29, 1.82) is 0 Å². The summed E-state index contributed by atoms with van der Waals surface area (Å²) in [5.74, 6) is -0.671. The molecule has 1 amide bonds. The molecule has 0 radical (unpaired) electrons. The summed E-state index contributed by atoms with van der Waals surface area (Å²) < 4.78 is 22.7. The Morgan fingerprint density at radius 2 is 2.14 bits per heavy atom. The molecule has 1 aromatic rings. The summed E-state index contributed by atoms with van der Waals surface area (Å²) in [6.45, 7) is 1.54. The molecule has 0 aliphatic rings. The molecule has 0 atom stereocenters. The van der Waals surface area contributed by atoms with Crippen LogP contribution in [0.1, 0.15) is 17.4 Å². The predicted molar refractivity (Wildman–Crippen MR) is 50.5 cm³/mol. The minimum absolute atomic E-state index is 0.00456. The Bertz CT molecular complexity index is 436. The van der Waals surface area contributed by atoms with Crippen molar-refractivity contribution in [2.45, 2.75) is 11.8 Å². The number of amides is 1. The molecular formula is C8H10N2O3S. The number of primary amides is 1. The minimum Gasteiger partial charge on any atom is -0.364 e. The SMILES string of the molecule is CCS(=O)(=O)c1ccc(C(N)=O)nc1. The normalized spacial score (nSPS) is 11.2. The van der Waals surface area contributed by atoms with E-state index >= 15 is 0 Å². The number of sulfone groups is 1. The number of pyridine rings is 1. The van der Waals surface area contributed by atoms with Gasteiger partial charge in [0.05, 0.1) is 10.6 Å². The summed E-state index contributed by atoms with van der Waals surface area (Å²) in [6.07, 6.45) is 1.14. The van der Waals surface area contributed by atoms with Gasteiger partial charge in [-0.1, -0.05) is 6.92 Å². The van der Waals surface area contributed by atoms with E-state index in [9.17, 15) is 13.2 Å². The van der Waals surface area contributed by atoms with Crippen molar-refractivity contribution in [3.8, 4) is 0 Å². The molecule has 0 aliphatic carbocycles. The number of rotatable bonds is 3. The van der Waals surface area contributed by atoms with E-state index in [-0.39, 0.29) is 16.3 Å². The van der Waals surface area contributed by atoms with Gasteiger partial charge in [0.25, 0.3) is 5.91 Å². The third-order valence-electron chi connectivity index (χ3n) is 1.73. The summed E-state index contributed by atoms with van der Waals surface area (Å²) in [4.78, 5) is 14.4. The molecule has 0 spiro atoms. The summed E-state index contributed by atoms with van der Waals surface area (Å²) in [7, 11) is -3.26. The van der Waals surface area contributed by atoms with Gasteiger partial charge in [-0.15, -0.1) is 0 Å². The third kappa shape index (κ3) is 2.08. The lowest BCUT2D eigenvalue weighted by atomic mass is 10.3. The Labute approximate surface area is 81.9 Å². The van der Waals surface area contributed by atoms with Gasteiger partial charge >= 0.3 is 0 Å². The number of carbonyl (C=O) groups is 1. The first-order valence-corrected chi connectivity index (χ1v) is 5.61. The second-order valence-electron chi connectivity index (χ2n) is 2.65. The lowest BCUT2D eigenvalue weighted by Gasteiger charge is -2.00. The third-order valence-corrected chi connectivity index (χ3v) is 3.45. The van der Waals surface area contributed by atoms with Gasteiger partial charge in [-0.05, 0) is 12.1 Å². The Hall–Kier alpha value is -1.43. The number of aromatic nitrogens is 1. The van der Waals surface area contributed by atoms with Crippen LogP contribution in [0.5, 0.6) is 0 Å². The van der Waals surface area contributed by atoms with Crippen LogP contribution < -0.4 is 5.73 Å². The van der Waals surface area contributed by atoms with Gasteiger partial charge in [-0.3, -0.25) is 4.79 Å². The fourth-order valence-electron chi connectivity index (χ4n) is 0.877. The zero-order valence-electron chi connectivity index (χ0n) is 7.60. The maximum Gasteiger partial charge on any atom is 0.267 e. The molecule has 76 valence electrons. The number of hydrogen-bond acceptors (Lipinski definition) is 4. The molecule has 0 saturated heterocycles. The standard InChI is InChI=1S/C8H10N2O3S/c1-2-14(12,13)6-3-4-7(8(9)11)10-5-6/h3-5H,2H2,1H3,(H2,9,11). The van der Waals surface area contributed by atoms with E-state index in [1.165, 1.54) is 19.1 Å². The molecule has 0 aliphatic heterocycles. The van der Waals surface area contributed by atoms with E-state index in [2.05, 4.69) is 4.98 Å². The molecule has 5 nitrogen and oxygen atoms in total. The van der Waals surface area contributed by atoms with Crippen molar-refractivity contribution in [3.05, 3.63) is 24.0 Å². The van der Waals surface area contributed by atoms with Crippen LogP contribution in [0.3, 0.4) is 0 Å². The first-order valence-electron chi connectivity index (χ1n) is 3.96. The Morgan fingerprint density at radius 1 is 1.50 bits per heavy atom. The molecular weight excluding hydrogens is 204 g/mol. The van der Waals surface area contributed by atoms with Crippen molar-refractivity contribution in [2.75, 3.05) is 5.75 Å². The van der Waals surface area contributed by atoms with Gasteiger partial charge in [0, 0.05) is 6.20 Å². The second-order valence-corrected chi connectivity index (χ2v) is 4.93. The fourth-order valence-corrected chi connectivity index (χ4v) is 1.70. The van der Waals surface area contributed by atoms with Crippen LogP contribution in [-0.4, -0.2) is 25.1 Å². The van der Waals surface area contributed by atoms with Crippen molar-refractivity contribution < 1.29 is 13.2 Å². The molecule has 6 heteroatoms. The quantitative estimate of drug-likeness (QED) is 0.765. The zero-order chi connectivity index (χ0) is 10.8. The summed E-state index contributed by atoms with van der Waals surface area (Å²) in [6, 6.07) is 2.62. The van der Waals surface area contributed by atoms with Crippen LogP contribution in [-0.2, 0) is 9.84 Å². The molecule has 1 heterocycles. The number of hydrogen-bond donors (Lipinski definition) is 1. The van der Waals surface area contributed by atoms with E-state index < -0.39 is 15.7 Å². The minimum atomic E-state index is -3.26. The monoisotopic (exact) mass is 214 g/mol. The zero-order valence-corrected chi connectivity index (χ0v) is 8.41. The van der Waals surface area contributed by atoms with E-state index in [1.54, 1.807) is 0 Å². The molecule has 2 N–H and O–H groups in total. The van der Waals surface area contributed by atoms with Crippen LogP contribution in [0.25, 0.3) is 0 Å². The highest BCUT2D eigenvalue weighted by molar-refractivity contribution is 7.91. The second kappa shape index (κ2) is 3.75. The largest absolute Gasteiger partial charge is 0.364 e. The van der Waals surface area contributed by atoms with E-state index in [4.69, 9.17) is 5.73 Å². The van der Waals surface area contributed by atoms with Gasteiger partial charge in [0.2, 0.25) is 0 Å². The average molecular weight is 214 g/mol. The highest BCUT2D eigenvalue weighted by Crippen LogP contribution is 2.09. The smallest absolute Gasteiger partial charge is 0.267 e. The van der Waals surface area contributed by atoms with Crippen molar-refractivity contribution in [1.82, 2.24) is 4.98 Å². The van der Waals surface area contributed by atoms with E-state index in [1.807, 2.05) is 0 Å². The molecule has 1 rings (SSSR count). The van der Waals surface area contributed by atoms with Gasteiger partial charge in [0.15, 0.2) is 9.84 Å². The molecule has 0 saturated carbocycles. The fraction of sp³-hybridized carbons (Fsp3) is 0.250. The van der Waals surface area contributed by atoms with Crippen molar-refractivity contribution in [3.63, 3.8) is 0 Å². The summed E-state index contributed by atoms with van der Waals surface area (Å²) in [5.41, 5.74) is 5.01. The number of carbonyl (C=O) groups excluding carboxylic acids is 1. The number of nitrogens with two attached hydrogens (primary N) is 1.